The quantitative estimate of drug-likeness (QED) is 0.152. The van der Waals surface area contributed by atoms with Crippen LogP contribution in [-0.2, 0) is 26.0 Å². The summed E-state index contributed by atoms with van der Waals surface area (Å²) < 4.78 is 119. The molecular weight excluding hydrogens is 735 g/mol. The zero-order valence-electron chi connectivity index (χ0n) is 28.2. The largest absolute Gasteiger partial charge is 0.433 e. The Morgan fingerprint density at radius 2 is 1.83 bits per heavy atom. The van der Waals surface area contributed by atoms with Crippen LogP contribution in [0.2, 0.25) is 0 Å². The molecule has 0 unspecified atom stereocenters. The Hall–Kier alpha value is -3.72. The number of carbonyl (C=O) groups is 1. The van der Waals surface area contributed by atoms with E-state index in [4.69, 9.17) is 4.74 Å². The summed E-state index contributed by atoms with van der Waals surface area (Å²) in [6.45, 7) is 1.01. The van der Waals surface area contributed by atoms with Gasteiger partial charge in [0.25, 0.3) is 10.0 Å². The average molecular weight is 773 g/mol. The van der Waals surface area contributed by atoms with Gasteiger partial charge in [-0.1, -0.05) is 24.0 Å². The summed E-state index contributed by atoms with van der Waals surface area (Å²) in [6.07, 6.45) is 0.526. The van der Waals surface area contributed by atoms with Gasteiger partial charge in [-0.25, -0.2) is 17.5 Å². The Morgan fingerprint density at radius 3 is 2.44 bits per heavy atom. The van der Waals surface area contributed by atoms with Crippen LogP contribution >= 0.6 is 11.3 Å². The lowest BCUT2D eigenvalue weighted by atomic mass is 9.76. The lowest BCUT2D eigenvalue weighted by Crippen LogP contribution is -2.53. The number of hydrogen-bond acceptors (Lipinski definition) is 9. The second kappa shape index (κ2) is 15.3. The third-order valence-corrected chi connectivity index (χ3v) is 12.5. The summed E-state index contributed by atoms with van der Waals surface area (Å²) in [5.41, 5.74) is 0.722. The van der Waals surface area contributed by atoms with Crippen molar-refractivity contribution in [2.75, 3.05) is 43.5 Å². The standard InChI is InChI=1S/C35H38F6N4O5S2/c1-21(46)44-52(47,48)31-17-29(50-33(37)38)28(16-26(31)36)42-13-3-6-30-25(18-35(39,40)41)24-4-2-5-27(32(24)51-30)43-22-7-9-23(10-8-22)45-14-11-34(12-15-45)19-49-20-34/h2,4-5,16-17,22-23,33,42-43H,7-15,18-20H2,1H3,(H,44,46). The molecule has 3 heterocycles. The van der Waals surface area contributed by atoms with Crippen LogP contribution in [0.1, 0.15) is 55.9 Å². The minimum atomic E-state index is -4.74. The van der Waals surface area contributed by atoms with Gasteiger partial charge < -0.3 is 25.0 Å². The summed E-state index contributed by atoms with van der Waals surface area (Å²) in [6, 6.07) is 6.94. The Balaban J connectivity index is 1.17. The van der Waals surface area contributed by atoms with Crippen molar-refractivity contribution in [3.63, 3.8) is 0 Å². The first-order valence-corrected chi connectivity index (χ1v) is 19.2. The smallest absolute Gasteiger partial charge is 0.393 e. The van der Waals surface area contributed by atoms with Gasteiger partial charge >= 0.3 is 12.8 Å². The zero-order chi connectivity index (χ0) is 37.3. The number of nitrogens with zero attached hydrogens (tertiary/aromatic N) is 1. The highest BCUT2D eigenvalue weighted by atomic mass is 32.2. The van der Waals surface area contributed by atoms with Crippen LogP contribution in [0, 0.1) is 23.1 Å². The molecule has 1 amide bonds. The number of nitrogens with one attached hydrogen (secondary N) is 3. The fourth-order valence-corrected chi connectivity index (χ4v) is 9.43. The molecule has 1 spiro atoms. The maximum atomic E-state index is 14.8. The van der Waals surface area contributed by atoms with Crippen molar-refractivity contribution in [2.45, 2.75) is 81.6 Å². The van der Waals surface area contributed by atoms with Crippen molar-refractivity contribution in [1.82, 2.24) is 9.62 Å². The lowest BCUT2D eigenvalue weighted by molar-refractivity contribution is -0.143. The molecule has 52 heavy (non-hydrogen) atoms. The van der Waals surface area contributed by atoms with Crippen molar-refractivity contribution in [2.24, 2.45) is 5.41 Å². The third-order valence-electron chi connectivity index (χ3n) is 9.83. The van der Waals surface area contributed by atoms with Crippen LogP contribution < -0.4 is 20.1 Å². The SMILES string of the molecule is CC(=O)NS(=O)(=O)c1cc(OC(F)F)c(NCC#Cc2sc3c(NC4CCC(N5CCC6(CC5)COC6)CC4)cccc3c2CC(F)(F)F)cc1F. The molecule has 9 nitrogen and oxygen atoms in total. The molecule has 3 aliphatic rings. The van der Waals surface area contributed by atoms with Crippen molar-refractivity contribution < 1.29 is 49.0 Å². The van der Waals surface area contributed by atoms with Gasteiger partial charge in [0.1, 0.15) is 10.7 Å². The Morgan fingerprint density at radius 1 is 1.12 bits per heavy atom. The molecule has 3 fully saturated rings. The number of halogens is 6. The van der Waals surface area contributed by atoms with E-state index >= 15 is 0 Å². The van der Waals surface area contributed by atoms with Crippen LogP contribution in [0.3, 0.4) is 0 Å². The second-order valence-corrected chi connectivity index (χ2v) is 16.2. The van der Waals surface area contributed by atoms with Gasteiger partial charge in [-0.05, 0) is 68.6 Å². The van der Waals surface area contributed by atoms with Crippen molar-refractivity contribution in [3.05, 3.63) is 46.6 Å². The maximum Gasteiger partial charge on any atom is 0.393 e. The van der Waals surface area contributed by atoms with Crippen molar-refractivity contribution in [1.29, 1.82) is 0 Å². The fraction of sp³-hybridized carbons (Fsp3) is 0.514. The molecule has 17 heteroatoms. The molecule has 282 valence electrons. The minimum Gasteiger partial charge on any atom is -0.433 e. The molecule has 2 saturated heterocycles. The summed E-state index contributed by atoms with van der Waals surface area (Å²) in [7, 11) is -4.74. The average Bonchev–Trinajstić information content (AvgIpc) is 3.39. The number of carbonyl (C=O) groups excluding carboxylic acids is 1. The first-order chi connectivity index (χ1) is 24.6. The number of thiophene rings is 1. The van der Waals surface area contributed by atoms with Crippen LogP contribution in [0.25, 0.3) is 10.1 Å². The molecule has 0 atom stereocenters. The molecule has 0 radical (unpaired) electrons. The van der Waals surface area contributed by atoms with Crippen molar-refractivity contribution >= 4 is 48.7 Å². The van der Waals surface area contributed by atoms with E-state index < -0.39 is 51.6 Å². The van der Waals surface area contributed by atoms with Gasteiger partial charge in [0.15, 0.2) is 5.75 Å². The van der Waals surface area contributed by atoms with Gasteiger partial charge in [-0.3, -0.25) is 4.79 Å². The molecule has 0 bridgehead atoms. The number of benzene rings is 2. The van der Waals surface area contributed by atoms with Gasteiger partial charge in [-0.15, -0.1) is 11.3 Å². The second-order valence-electron chi connectivity index (χ2n) is 13.5. The summed E-state index contributed by atoms with van der Waals surface area (Å²) in [5, 5.41) is 6.56. The molecule has 3 aromatic rings. The van der Waals surface area contributed by atoms with E-state index in [0.29, 0.717) is 33.7 Å². The summed E-state index contributed by atoms with van der Waals surface area (Å²) in [5.74, 6) is 2.26. The molecule has 1 aromatic heterocycles. The number of amides is 1. The number of rotatable bonds is 10. The number of likely N-dealkylation sites (tertiary alicyclic amines) is 1. The highest BCUT2D eigenvalue weighted by Gasteiger charge is 2.42. The van der Waals surface area contributed by atoms with Crippen LogP contribution in [0.15, 0.2) is 35.2 Å². The van der Waals surface area contributed by atoms with E-state index in [-0.39, 0.29) is 28.7 Å². The number of hydrogen-bond donors (Lipinski definition) is 3. The van der Waals surface area contributed by atoms with E-state index in [1.807, 2.05) is 6.07 Å². The highest BCUT2D eigenvalue weighted by molar-refractivity contribution is 7.90. The van der Waals surface area contributed by atoms with E-state index in [1.54, 1.807) is 16.9 Å². The van der Waals surface area contributed by atoms with Gasteiger partial charge in [0.2, 0.25) is 5.91 Å². The minimum absolute atomic E-state index is 0.00684. The molecule has 1 aliphatic carbocycles. The zero-order valence-corrected chi connectivity index (χ0v) is 29.8. The Bertz CT molecular complexity index is 1960. The number of fused-ring (bicyclic) bond motifs is 1. The molecule has 3 N–H and O–H groups in total. The third kappa shape index (κ3) is 8.90. The monoisotopic (exact) mass is 772 g/mol. The van der Waals surface area contributed by atoms with E-state index in [0.717, 1.165) is 75.9 Å². The summed E-state index contributed by atoms with van der Waals surface area (Å²) >= 11 is 1.11. The van der Waals surface area contributed by atoms with Gasteiger partial charge in [0.05, 0.1) is 47.1 Å². The predicted molar refractivity (Wildman–Crippen MR) is 185 cm³/mol. The number of alkyl halides is 5. The first-order valence-electron chi connectivity index (χ1n) is 16.9. The van der Waals surface area contributed by atoms with Gasteiger partial charge in [0, 0.05) is 36.6 Å². The molecule has 6 rings (SSSR count). The Kier molecular flexibility index (Phi) is 11.2. The topological polar surface area (TPSA) is 109 Å². The fourth-order valence-electron chi connectivity index (χ4n) is 7.19. The van der Waals surface area contributed by atoms with Crippen LogP contribution in [0.5, 0.6) is 5.75 Å². The normalized spacial score (nSPS) is 20.6. The number of ether oxygens (including phenoxy) is 2. The van der Waals surface area contributed by atoms with Crippen LogP contribution in [0.4, 0.5) is 37.7 Å². The van der Waals surface area contributed by atoms with E-state index in [2.05, 4.69) is 32.1 Å². The molecule has 1 saturated carbocycles. The molecule has 2 aliphatic heterocycles. The van der Waals surface area contributed by atoms with Crippen LogP contribution in [-0.4, -0.2) is 76.9 Å². The number of piperidine rings is 1. The first kappa shape index (κ1) is 38.0. The summed E-state index contributed by atoms with van der Waals surface area (Å²) in [4.78, 5) is 12.9. The van der Waals surface area contributed by atoms with E-state index in [1.165, 1.54) is 12.8 Å². The number of sulfonamides is 1. The molecular formula is C35H38F6N4O5S2. The molecule has 2 aromatic carbocycles. The number of anilines is 2. The highest BCUT2D eigenvalue weighted by Crippen LogP contribution is 2.42. The predicted octanol–water partition coefficient (Wildman–Crippen LogP) is 6.87. The van der Waals surface area contributed by atoms with E-state index in [9.17, 15) is 39.6 Å². The maximum absolute atomic E-state index is 14.8. The van der Waals surface area contributed by atoms with Gasteiger partial charge in [-0.2, -0.15) is 22.0 Å². The van der Waals surface area contributed by atoms with Crippen molar-refractivity contribution in [3.8, 4) is 17.6 Å². The Labute approximate surface area is 301 Å². The lowest BCUT2D eigenvalue weighted by Gasteiger charge is -2.49.